The predicted octanol–water partition coefficient (Wildman–Crippen LogP) is 3.54. The summed E-state index contributed by atoms with van der Waals surface area (Å²) in [4.78, 5) is 0. The van der Waals surface area contributed by atoms with Crippen molar-refractivity contribution in [3.8, 4) is 0 Å². The summed E-state index contributed by atoms with van der Waals surface area (Å²) in [6.07, 6.45) is 9.76. The molecule has 116 valence electrons. The molecule has 0 aliphatic carbocycles. The second-order valence-corrected chi connectivity index (χ2v) is 7.27. The molecule has 0 aliphatic rings. The molecule has 2 N–H and O–H groups in total. The van der Waals surface area contributed by atoms with E-state index in [0.717, 1.165) is 38.5 Å². The monoisotopic (exact) mass is 294 g/mol. The van der Waals surface area contributed by atoms with E-state index in [1.807, 2.05) is 6.92 Å². The van der Waals surface area contributed by atoms with E-state index >= 15 is 0 Å². The molecular formula is C14H30O4S. The quantitative estimate of drug-likeness (QED) is 0.426. The van der Waals surface area contributed by atoms with Crippen molar-refractivity contribution in [2.24, 2.45) is 0 Å². The van der Waals surface area contributed by atoms with Gasteiger partial charge in [-0.05, 0) is 26.2 Å². The third-order valence-electron chi connectivity index (χ3n) is 3.63. The van der Waals surface area contributed by atoms with E-state index in [1.165, 1.54) is 19.3 Å². The predicted molar refractivity (Wildman–Crippen MR) is 78.9 cm³/mol. The number of hydrogen-bond donors (Lipinski definition) is 2. The number of hydrogen-bond acceptors (Lipinski definition) is 3. The van der Waals surface area contributed by atoms with Crippen LogP contribution in [-0.4, -0.2) is 29.4 Å². The molecule has 0 radical (unpaired) electrons. The van der Waals surface area contributed by atoms with Gasteiger partial charge in [-0.3, -0.25) is 4.55 Å². The fraction of sp³-hybridized carbons (Fsp3) is 1.00. The van der Waals surface area contributed by atoms with Crippen molar-refractivity contribution >= 4 is 10.1 Å². The molecule has 0 amide bonds. The van der Waals surface area contributed by atoms with Crippen LogP contribution in [0.2, 0.25) is 0 Å². The molecule has 0 aromatic heterocycles. The molecule has 2 atom stereocenters. The second-order valence-electron chi connectivity index (χ2n) is 5.44. The Morgan fingerprint density at radius 3 is 1.74 bits per heavy atom. The van der Waals surface area contributed by atoms with E-state index < -0.39 is 15.4 Å². The van der Waals surface area contributed by atoms with Gasteiger partial charge in [0.1, 0.15) is 0 Å². The molecule has 0 aliphatic heterocycles. The Bertz CT molecular complexity index is 301. The lowest BCUT2D eigenvalue weighted by atomic mass is 10.0. The van der Waals surface area contributed by atoms with E-state index in [4.69, 9.17) is 4.55 Å². The molecule has 0 spiro atoms. The minimum Gasteiger partial charge on any atom is -0.393 e. The van der Waals surface area contributed by atoms with Crippen LogP contribution in [0, 0.1) is 0 Å². The third-order valence-corrected chi connectivity index (χ3v) is 4.88. The highest BCUT2D eigenvalue weighted by Crippen LogP contribution is 2.14. The smallest absolute Gasteiger partial charge is 0.267 e. The molecule has 19 heavy (non-hydrogen) atoms. The third kappa shape index (κ3) is 11.4. The summed E-state index contributed by atoms with van der Waals surface area (Å²) in [5.74, 6) is 0. The first-order valence-corrected chi connectivity index (χ1v) is 9.02. The number of unbranched alkanes of at least 4 members (excludes halogenated alkanes) is 6. The van der Waals surface area contributed by atoms with Crippen molar-refractivity contribution in [2.75, 3.05) is 0 Å². The van der Waals surface area contributed by atoms with Crippen LogP contribution in [0.25, 0.3) is 0 Å². The van der Waals surface area contributed by atoms with Crippen LogP contribution in [-0.2, 0) is 10.1 Å². The van der Waals surface area contributed by atoms with Gasteiger partial charge in [0.05, 0.1) is 11.4 Å². The summed E-state index contributed by atoms with van der Waals surface area (Å²) in [5.41, 5.74) is 0. The average molecular weight is 294 g/mol. The van der Waals surface area contributed by atoms with E-state index in [2.05, 4.69) is 0 Å². The van der Waals surface area contributed by atoms with Crippen LogP contribution in [0.4, 0.5) is 0 Å². The first-order valence-electron chi connectivity index (χ1n) is 7.52. The summed E-state index contributed by atoms with van der Waals surface area (Å²) in [7, 11) is -3.84. The highest BCUT2D eigenvalue weighted by atomic mass is 32.2. The summed E-state index contributed by atoms with van der Waals surface area (Å²) in [6, 6.07) is 0. The lowest BCUT2D eigenvalue weighted by molar-refractivity contribution is 0.156. The van der Waals surface area contributed by atoms with Crippen LogP contribution >= 0.6 is 0 Å². The van der Waals surface area contributed by atoms with E-state index in [1.54, 1.807) is 6.92 Å². The van der Waals surface area contributed by atoms with Crippen molar-refractivity contribution in [2.45, 2.75) is 89.4 Å². The highest BCUT2D eigenvalue weighted by molar-refractivity contribution is 7.86. The molecule has 0 saturated heterocycles. The van der Waals surface area contributed by atoms with Crippen LogP contribution in [0.5, 0.6) is 0 Å². The maximum Gasteiger partial charge on any atom is 0.267 e. The second kappa shape index (κ2) is 10.6. The van der Waals surface area contributed by atoms with Gasteiger partial charge in [-0.2, -0.15) is 8.42 Å². The van der Waals surface area contributed by atoms with E-state index in [-0.39, 0.29) is 6.10 Å². The van der Waals surface area contributed by atoms with Gasteiger partial charge < -0.3 is 5.11 Å². The standard InChI is InChI=1S/C14H30O4S/c1-3-14(15)12-10-8-6-4-5-7-9-11-13(2)19(16,17)18/h13-15H,3-12H2,1-2H3,(H,16,17,18). The summed E-state index contributed by atoms with van der Waals surface area (Å²) in [6.45, 7) is 3.55. The van der Waals surface area contributed by atoms with E-state index in [0.29, 0.717) is 6.42 Å². The van der Waals surface area contributed by atoms with Gasteiger partial charge in [0.15, 0.2) is 0 Å². The molecule has 0 bridgehead atoms. The van der Waals surface area contributed by atoms with Crippen LogP contribution in [0.1, 0.15) is 78.1 Å². The lowest BCUT2D eigenvalue weighted by Crippen LogP contribution is -2.16. The molecule has 5 heteroatoms. The SMILES string of the molecule is CCC(O)CCCCCCCCCC(C)S(=O)(=O)O. The fourth-order valence-corrected chi connectivity index (χ4v) is 2.51. The molecule has 0 fully saturated rings. The maximum atomic E-state index is 10.8. The molecule has 0 heterocycles. The van der Waals surface area contributed by atoms with Crippen LogP contribution in [0.3, 0.4) is 0 Å². The highest BCUT2D eigenvalue weighted by Gasteiger charge is 2.15. The minimum atomic E-state index is -3.84. The lowest BCUT2D eigenvalue weighted by Gasteiger charge is -2.08. The van der Waals surface area contributed by atoms with Crippen molar-refractivity contribution in [3.05, 3.63) is 0 Å². The fourth-order valence-electron chi connectivity index (χ4n) is 2.05. The van der Waals surface area contributed by atoms with Crippen LogP contribution < -0.4 is 0 Å². The zero-order chi connectivity index (χ0) is 14.7. The Labute approximate surface area is 118 Å². The van der Waals surface area contributed by atoms with Gasteiger partial charge in [0.25, 0.3) is 10.1 Å². The molecular weight excluding hydrogens is 264 g/mol. The van der Waals surface area contributed by atoms with E-state index in [9.17, 15) is 13.5 Å². The Morgan fingerprint density at radius 1 is 0.895 bits per heavy atom. The molecule has 2 unspecified atom stereocenters. The molecule has 0 rings (SSSR count). The van der Waals surface area contributed by atoms with Gasteiger partial charge in [-0.1, -0.05) is 51.9 Å². The minimum absolute atomic E-state index is 0.137. The average Bonchev–Trinajstić information content (AvgIpc) is 2.34. The van der Waals surface area contributed by atoms with Crippen molar-refractivity contribution in [1.82, 2.24) is 0 Å². The summed E-state index contributed by atoms with van der Waals surface area (Å²) < 4.78 is 30.4. The molecule has 0 saturated carbocycles. The van der Waals surface area contributed by atoms with Gasteiger partial charge in [0, 0.05) is 0 Å². The zero-order valence-corrected chi connectivity index (χ0v) is 13.2. The Kier molecular flexibility index (Phi) is 10.6. The summed E-state index contributed by atoms with van der Waals surface area (Å²) >= 11 is 0. The van der Waals surface area contributed by atoms with Crippen molar-refractivity contribution in [1.29, 1.82) is 0 Å². The van der Waals surface area contributed by atoms with Crippen molar-refractivity contribution < 1.29 is 18.1 Å². The van der Waals surface area contributed by atoms with Gasteiger partial charge in [-0.25, -0.2) is 0 Å². The molecule has 0 aromatic carbocycles. The summed E-state index contributed by atoms with van der Waals surface area (Å²) in [5, 5.41) is 8.74. The first kappa shape index (κ1) is 18.9. The van der Waals surface area contributed by atoms with Gasteiger partial charge in [-0.15, -0.1) is 0 Å². The molecule has 4 nitrogen and oxygen atoms in total. The normalized spacial score (nSPS) is 15.4. The Hall–Kier alpha value is -0.130. The Morgan fingerprint density at radius 2 is 1.32 bits per heavy atom. The van der Waals surface area contributed by atoms with Crippen molar-refractivity contribution in [3.63, 3.8) is 0 Å². The number of rotatable bonds is 12. The number of aliphatic hydroxyl groups is 1. The van der Waals surface area contributed by atoms with Gasteiger partial charge in [0.2, 0.25) is 0 Å². The maximum absolute atomic E-state index is 10.8. The first-order chi connectivity index (χ1) is 8.88. The van der Waals surface area contributed by atoms with Crippen LogP contribution in [0.15, 0.2) is 0 Å². The largest absolute Gasteiger partial charge is 0.393 e. The number of aliphatic hydroxyl groups excluding tert-OH is 1. The molecule has 0 aromatic rings. The topological polar surface area (TPSA) is 74.6 Å². The Balaban J connectivity index is 3.28. The van der Waals surface area contributed by atoms with Gasteiger partial charge >= 0.3 is 0 Å². The zero-order valence-electron chi connectivity index (χ0n) is 12.3.